The summed E-state index contributed by atoms with van der Waals surface area (Å²) in [5, 5.41) is 0. The molecule has 0 aromatic rings. The number of halogens is 12. The molecule has 15 heteroatoms. The van der Waals surface area contributed by atoms with Gasteiger partial charge in [0.25, 0.3) is 0 Å². The zero-order chi connectivity index (χ0) is 21.6. The Balaban J connectivity index is 0. The fourth-order valence-corrected chi connectivity index (χ4v) is 2.43. The Morgan fingerprint density at radius 3 is 0.720 bits per heavy atom. The van der Waals surface area contributed by atoms with Crippen molar-refractivity contribution in [1.29, 1.82) is 0 Å². The summed E-state index contributed by atoms with van der Waals surface area (Å²) in [6, 6.07) is 0. The van der Waals surface area contributed by atoms with Gasteiger partial charge in [-0.05, 0) is 0 Å². The summed E-state index contributed by atoms with van der Waals surface area (Å²) in [6.45, 7) is 11.2. The van der Waals surface area contributed by atoms with Gasteiger partial charge in [0.2, 0.25) is 0 Å². The predicted octanol–water partition coefficient (Wildman–Crippen LogP) is 7.68. The van der Waals surface area contributed by atoms with Crippen LogP contribution >= 0.6 is 0 Å². The van der Waals surface area contributed by atoms with E-state index in [0.29, 0.717) is 3.93 Å². The first kappa shape index (κ1) is 28.1. The molecular weight excluding hydrogens is 784 g/mol. The zero-order valence-corrected chi connectivity index (χ0v) is 20.8. The Labute approximate surface area is 151 Å². The quantitative estimate of drug-likeness (QED) is 0.175. The molecule has 0 N–H and O–H groups in total. The average molecular weight is 799 g/mol. The van der Waals surface area contributed by atoms with Crippen molar-refractivity contribution in [3.05, 3.63) is 22.3 Å². The molecule has 0 atom stereocenters. The van der Waals surface area contributed by atoms with E-state index < -0.39 is 39.0 Å². The van der Waals surface area contributed by atoms with Crippen molar-refractivity contribution in [2.24, 2.45) is 0 Å². The van der Waals surface area contributed by atoms with Gasteiger partial charge in [-0.2, -0.15) is 0 Å². The number of allylic oxidation sites excluding steroid dienone is 4. The molecule has 0 aromatic heterocycles. The Morgan fingerprint density at radius 2 is 0.680 bits per heavy atom. The second kappa shape index (κ2) is 5.96. The van der Waals surface area contributed by atoms with Crippen molar-refractivity contribution in [3.8, 4) is 0 Å². The average Bonchev–Trinajstić information content (AvgIpc) is 2.25. The van der Waals surface area contributed by atoms with Crippen LogP contribution in [0.4, 0.5) is 33.8 Å². The first-order valence-electron chi connectivity index (χ1n) is 5.95. The molecule has 0 amide bonds. The van der Waals surface area contributed by atoms with Crippen molar-refractivity contribution in [3.63, 3.8) is 0 Å². The maximum absolute atomic E-state index is 11.2. The number of rotatable bonds is 0. The van der Waals surface area contributed by atoms with Crippen molar-refractivity contribution >= 4 is 39.0 Å². The topological polar surface area (TPSA) is 0 Å². The SMILES string of the molecule is CC1=C(C)[C](C)([Ir+2])C(C)=C1C.[F][Sb-]([F])([F])([F])([F])[F].[F][Sb-]([F])([F])([F])([F])[F]. The fourth-order valence-electron chi connectivity index (χ4n) is 1.53. The molecular formula is C10H15F12IrSb2. The van der Waals surface area contributed by atoms with Gasteiger partial charge in [-0.25, -0.2) is 0 Å². The van der Waals surface area contributed by atoms with Gasteiger partial charge in [-0.3, -0.25) is 0 Å². The van der Waals surface area contributed by atoms with E-state index in [1.165, 1.54) is 22.3 Å². The summed E-state index contributed by atoms with van der Waals surface area (Å²) in [4.78, 5) is 0. The van der Waals surface area contributed by atoms with E-state index in [4.69, 9.17) is 0 Å². The predicted molar refractivity (Wildman–Crippen MR) is 69.9 cm³/mol. The van der Waals surface area contributed by atoms with Crippen LogP contribution in [0.2, 0.25) is 3.93 Å². The van der Waals surface area contributed by atoms with Gasteiger partial charge in [-0.15, -0.1) is 0 Å². The molecule has 0 bridgehead atoms. The van der Waals surface area contributed by atoms with Gasteiger partial charge < -0.3 is 0 Å². The van der Waals surface area contributed by atoms with Gasteiger partial charge in [-0.1, -0.05) is 0 Å². The number of hydrogen-bond donors (Lipinski definition) is 0. The molecule has 25 heavy (non-hydrogen) atoms. The van der Waals surface area contributed by atoms with E-state index in [0.717, 1.165) is 0 Å². The van der Waals surface area contributed by atoms with E-state index in [1.54, 1.807) is 0 Å². The summed E-state index contributed by atoms with van der Waals surface area (Å²) >= 11 is -20.2. The van der Waals surface area contributed by atoms with Crippen LogP contribution in [0.25, 0.3) is 0 Å². The van der Waals surface area contributed by atoms with E-state index in [2.05, 4.69) is 53.5 Å². The Morgan fingerprint density at radius 1 is 0.560 bits per heavy atom. The van der Waals surface area contributed by atoms with Gasteiger partial charge in [0, 0.05) is 0 Å². The molecule has 1 rings (SSSR count). The third-order valence-corrected chi connectivity index (χ3v) is 4.86. The third kappa shape index (κ3) is 21.1. The fraction of sp³-hybridized carbons (Fsp3) is 0.600. The summed E-state index contributed by atoms with van der Waals surface area (Å²) in [5.74, 6) is 0. The van der Waals surface area contributed by atoms with Crippen molar-refractivity contribution in [1.82, 2.24) is 0 Å². The Bertz CT molecular complexity index is 524. The van der Waals surface area contributed by atoms with Gasteiger partial charge in [0.15, 0.2) is 0 Å². The van der Waals surface area contributed by atoms with Gasteiger partial charge in [0.1, 0.15) is 0 Å². The molecule has 1 aliphatic carbocycles. The van der Waals surface area contributed by atoms with E-state index in [1.807, 2.05) is 0 Å². The molecule has 0 nitrogen and oxygen atoms in total. The van der Waals surface area contributed by atoms with Crippen molar-refractivity contribution in [2.45, 2.75) is 38.5 Å². The van der Waals surface area contributed by atoms with Crippen LogP contribution in [0.3, 0.4) is 0 Å². The Hall–Kier alpha value is 0.926. The third-order valence-electron chi connectivity index (χ3n) is 3.06. The normalized spacial score (nSPS) is 23.3. The van der Waals surface area contributed by atoms with Crippen LogP contribution in [-0.2, 0) is 18.9 Å². The monoisotopic (exact) mass is 798 g/mol. The van der Waals surface area contributed by atoms with Crippen molar-refractivity contribution in [2.75, 3.05) is 0 Å². The molecule has 0 aromatic carbocycles. The first-order chi connectivity index (χ1) is 9.79. The standard InChI is InChI=1S/C10H15.12FH.Ir.2Sb/c1-6-7(2)9(4)10(5)8(6)3;;;;;;;;;;;;;;;/h1-5H3;12*1H;;;/q;;;;;;;;;;;;;+2;2*+5/p-12. The van der Waals surface area contributed by atoms with Crippen LogP contribution in [0.5, 0.6) is 0 Å². The molecule has 0 spiro atoms. The zero-order valence-electron chi connectivity index (χ0n) is 13.3. The molecule has 1 aliphatic rings. The van der Waals surface area contributed by atoms with Crippen LogP contribution in [0, 0.1) is 0 Å². The molecule has 0 aliphatic heterocycles. The summed E-state index contributed by atoms with van der Waals surface area (Å²) in [7, 11) is 0. The molecule has 0 radical (unpaired) electrons. The molecule has 0 heterocycles. The second-order valence-corrected chi connectivity index (χ2v) is 18.7. The Kier molecular flexibility index (Phi) is 6.71. The molecule has 0 fully saturated rings. The van der Waals surface area contributed by atoms with Crippen LogP contribution in [-0.4, -0.2) is 39.0 Å². The van der Waals surface area contributed by atoms with Gasteiger partial charge in [0.05, 0.1) is 0 Å². The van der Waals surface area contributed by atoms with E-state index >= 15 is 0 Å². The van der Waals surface area contributed by atoms with Crippen LogP contribution < -0.4 is 0 Å². The second-order valence-electron chi connectivity index (χ2n) is 5.37. The number of hydrogen-bond acceptors (Lipinski definition) is 0. The molecule has 0 saturated carbocycles. The van der Waals surface area contributed by atoms with Gasteiger partial charge >= 0.3 is 152 Å². The van der Waals surface area contributed by atoms with E-state index in [9.17, 15) is 33.8 Å². The van der Waals surface area contributed by atoms with E-state index in [-0.39, 0.29) is 0 Å². The minimum absolute atomic E-state index is 0.314. The summed E-state index contributed by atoms with van der Waals surface area (Å²) in [5.41, 5.74) is 6.06. The minimum atomic E-state index is -11.2. The molecule has 0 saturated heterocycles. The first-order valence-corrected chi connectivity index (χ1v) is 18.7. The molecule has 0 unspecified atom stereocenters. The summed E-state index contributed by atoms with van der Waals surface area (Å²) in [6.07, 6.45) is 0. The summed E-state index contributed by atoms with van der Waals surface area (Å²) < 4.78 is 119. The maximum atomic E-state index is 9.93. The van der Waals surface area contributed by atoms with Crippen LogP contribution in [0.15, 0.2) is 22.3 Å². The van der Waals surface area contributed by atoms with Crippen molar-refractivity contribution < 1.29 is 52.7 Å². The molecule has 158 valence electrons. The van der Waals surface area contributed by atoms with Crippen LogP contribution in [0.1, 0.15) is 34.6 Å².